The van der Waals surface area contributed by atoms with E-state index >= 15 is 0 Å². The molecule has 0 fully saturated rings. The zero-order valence-electron chi connectivity index (χ0n) is 9.89. The summed E-state index contributed by atoms with van der Waals surface area (Å²) >= 11 is 0. The Labute approximate surface area is 103 Å². The molecule has 0 aliphatic carbocycles. The average Bonchev–Trinajstić information content (AvgIpc) is 3.04. The van der Waals surface area contributed by atoms with Crippen LogP contribution in [0.1, 0.15) is 17.3 Å². The Morgan fingerprint density at radius 1 is 1.22 bits per heavy atom. The van der Waals surface area contributed by atoms with E-state index in [0.717, 1.165) is 5.56 Å². The fourth-order valence-corrected chi connectivity index (χ4v) is 1.65. The number of aromatic nitrogens is 6. The normalized spacial score (nSPS) is 10.9. The Balaban J connectivity index is 1.69. The molecule has 3 heterocycles. The van der Waals surface area contributed by atoms with Crippen LogP contribution in [-0.4, -0.2) is 29.7 Å². The van der Waals surface area contributed by atoms with Gasteiger partial charge in [0.25, 0.3) is 0 Å². The maximum atomic E-state index is 5.16. The molecule has 18 heavy (non-hydrogen) atoms. The van der Waals surface area contributed by atoms with E-state index in [9.17, 15) is 0 Å². The van der Waals surface area contributed by atoms with Gasteiger partial charge in [-0.05, 0) is 18.6 Å². The molecule has 0 unspecified atom stereocenters. The highest BCUT2D eigenvalue weighted by atomic mass is 16.5. The van der Waals surface area contributed by atoms with Crippen molar-refractivity contribution in [3.8, 4) is 0 Å². The van der Waals surface area contributed by atoms with Gasteiger partial charge in [-0.1, -0.05) is 5.16 Å². The van der Waals surface area contributed by atoms with E-state index in [1.807, 2.05) is 25.4 Å². The molecule has 0 N–H and O–H groups in total. The molecule has 0 bridgehead atoms. The Morgan fingerprint density at radius 3 is 2.89 bits per heavy atom. The molecule has 0 aliphatic heterocycles. The maximum Gasteiger partial charge on any atom is 0.248 e. The lowest BCUT2D eigenvalue weighted by Gasteiger charge is -1.94. The molecule has 0 atom stereocenters. The summed E-state index contributed by atoms with van der Waals surface area (Å²) in [6, 6.07) is 1.85. The van der Waals surface area contributed by atoms with Crippen LogP contribution in [0.4, 0.5) is 0 Å². The van der Waals surface area contributed by atoms with Crippen molar-refractivity contribution in [1.29, 1.82) is 0 Å². The first-order valence-electron chi connectivity index (χ1n) is 5.57. The number of aryl methyl sites for hydroxylation is 1. The van der Waals surface area contributed by atoms with Crippen molar-refractivity contribution in [2.45, 2.75) is 20.0 Å². The van der Waals surface area contributed by atoms with Gasteiger partial charge in [0, 0.05) is 18.6 Å². The number of nitrogens with zero attached hydrogens (tertiary/aromatic N) is 6. The fourth-order valence-electron chi connectivity index (χ4n) is 1.65. The number of rotatable bonds is 4. The minimum Gasteiger partial charge on any atom is -0.337 e. The molecule has 0 saturated heterocycles. The molecule has 7 nitrogen and oxygen atoms in total. The molecule has 3 aromatic heterocycles. The van der Waals surface area contributed by atoms with E-state index in [2.05, 4.69) is 20.3 Å². The highest BCUT2D eigenvalue weighted by Crippen LogP contribution is 2.03. The highest BCUT2D eigenvalue weighted by molar-refractivity contribution is 5.00. The molecule has 3 rings (SSSR count). The van der Waals surface area contributed by atoms with Crippen LogP contribution in [0.2, 0.25) is 0 Å². The first-order valence-corrected chi connectivity index (χ1v) is 5.57. The molecule has 0 spiro atoms. The second-order valence-corrected chi connectivity index (χ2v) is 4.02. The molecule has 0 radical (unpaired) electrons. The van der Waals surface area contributed by atoms with Crippen LogP contribution in [0.3, 0.4) is 0 Å². The summed E-state index contributed by atoms with van der Waals surface area (Å²) < 4.78 is 8.67. The molecular formula is C11H12N6O. The Kier molecular flexibility index (Phi) is 2.64. The van der Waals surface area contributed by atoms with Crippen molar-refractivity contribution < 1.29 is 4.52 Å². The van der Waals surface area contributed by atoms with E-state index in [1.54, 1.807) is 21.8 Å². The van der Waals surface area contributed by atoms with Gasteiger partial charge < -0.3 is 4.52 Å². The summed E-state index contributed by atoms with van der Waals surface area (Å²) in [6.45, 7) is 2.98. The van der Waals surface area contributed by atoms with Gasteiger partial charge in [0.1, 0.15) is 13.1 Å². The van der Waals surface area contributed by atoms with Crippen molar-refractivity contribution >= 4 is 0 Å². The molecule has 0 aromatic carbocycles. The topological polar surface area (TPSA) is 74.6 Å². The van der Waals surface area contributed by atoms with Gasteiger partial charge in [-0.15, -0.1) is 0 Å². The molecule has 7 heteroatoms. The zero-order chi connectivity index (χ0) is 12.4. The van der Waals surface area contributed by atoms with Crippen molar-refractivity contribution in [2.24, 2.45) is 0 Å². The van der Waals surface area contributed by atoms with Gasteiger partial charge >= 0.3 is 0 Å². The van der Waals surface area contributed by atoms with E-state index < -0.39 is 0 Å². The summed E-state index contributed by atoms with van der Waals surface area (Å²) in [6.07, 6.45) is 7.29. The van der Waals surface area contributed by atoms with Crippen LogP contribution in [-0.2, 0) is 13.1 Å². The second-order valence-electron chi connectivity index (χ2n) is 4.02. The van der Waals surface area contributed by atoms with Gasteiger partial charge in [0.15, 0.2) is 5.82 Å². The molecule has 0 amide bonds. The smallest absolute Gasteiger partial charge is 0.248 e. The highest BCUT2D eigenvalue weighted by Gasteiger charge is 2.08. The average molecular weight is 244 g/mol. The lowest BCUT2D eigenvalue weighted by Crippen LogP contribution is -2.03. The zero-order valence-corrected chi connectivity index (χ0v) is 9.89. The predicted octanol–water partition coefficient (Wildman–Crippen LogP) is 0.868. The van der Waals surface area contributed by atoms with E-state index in [1.165, 1.54) is 0 Å². The van der Waals surface area contributed by atoms with Crippen molar-refractivity contribution in [3.63, 3.8) is 0 Å². The quantitative estimate of drug-likeness (QED) is 0.680. The fraction of sp³-hybridized carbons (Fsp3) is 0.273. The monoisotopic (exact) mass is 244 g/mol. The lowest BCUT2D eigenvalue weighted by molar-refractivity contribution is 0.360. The largest absolute Gasteiger partial charge is 0.337 e. The molecule has 0 saturated carbocycles. The SMILES string of the molecule is Cc1cnn(Cc2nc(Cn3cccn3)no2)c1. The predicted molar refractivity (Wildman–Crippen MR) is 61.7 cm³/mol. The van der Waals surface area contributed by atoms with Crippen molar-refractivity contribution in [3.05, 3.63) is 48.1 Å². The van der Waals surface area contributed by atoms with Crippen LogP contribution in [0.25, 0.3) is 0 Å². The Morgan fingerprint density at radius 2 is 2.17 bits per heavy atom. The van der Waals surface area contributed by atoms with E-state index in [-0.39, 0.29) is 0 Å². The third-order valence-corrected chi connectivity index (χ3v) is 2.43. The van der Waals surface area contributed by atoms with Gasteiger partial charge in [-0.2, -0.15) is 15.2 Å². The van der Waals surface area contributed by atoms with Crippen LogP contribution >= 0.6 is 0 Å². The number of hydrogen-bond acceptors (Lipinski definition) is 5. The van der Waals surface area contributed by atoms with Gasteiger partial charge in [0.05, 0.1) is 6.20 Å². The van der Waals surface area contributed by atoms with Gasteiger partial charge in [0.2, 0.25) is 5.89 Å². The summed E-state index contributed by atoms with van der Waals surface area (Å²) in [7, 11) is 0. The molecule has 0 aliphatic rings. The van der Waals surface area contributed by atoms with E-state index in [4.69, 9.17) is 4.52 Å². The third-order valence-electron chi connectivity index (χ3n) is 2.43. The van der Waals surface area contributed by atoms with Gasteiger partial charge in [-0.3, -0.25) is 9.36 Å². The third kappa shape index (κ3) is 2.29. The molecule has 92 valence electrons. The van der Waals surface area contributed by atoms with Gasteiger partial charge in [-0.25, -0.2) is 0 Å². The van der Waals surface area contributed by atoms with Crippen LogP contribution in [0.15, 0.2) is 35.4 Å². The van der Waals surface area contributed by atoms with Crippen LogP contribution in [0.5, 0.6) is 0 Å². The van der Waals surface area contributed by atoms with Crippen molar-refractivity contribution in [2.75, 3.05) is 0 Å². The Hall–Kier alpha value is -2.44. The lowest BCUT2D eigenvalue weighted by atomic mass is 10.4. The summed E-state index contributed by atoms with van der Waals surface area (Å²) in [4.78, 5) is 4.29. The first-order chi connectivity index (χ1) is 8.79. The standard InChI is InChI=1S/C11H12N6O/c1-9-5-13-17(6-9)8-11-14-10(15-18-11)7-16-4-2-3-12-16/h2-6H,7-8H2,1H3. The minimum absolute atomic E-state index is 0.486. The molecular weight excluding hydrogens is 232 g/mol. The summed E-state index contributed by atoms with van der Waals surface area (Å²) in [5, 5.41) is 12.2. The van der Waals surface area contributed by atoms with Crippen LogP contribution < -0.4 is 0 Å². The van der Waals surface area contributed by atoms with Crippen molar-refractivity contribution in [1.82, 2.24) is 29.7 Å². The van der Waals surface area contributed by atoms with Crippen LogP contribution in [0, 0.1) is 6.92 Å². The molecule has 3 aromatic rings. The maximum absolute atomic E-state index is 5.16. The first kappa shape index (κ1) is 10.7. The minimum atomic E-state index is 0.486. The number of hydrogen-bond donors (Lipinski definition) is 0. The Bertz CT molecular complexity index is 624. The second kappa shape index (κ2) is 4.44. The summed E-state index contributed by atoms with van der Waals surface area (Å²) in [5.74, 6) is 1.15. The van der Waals surface area contributed by atoms with E-state index in [0.29, 0.717) is 24.8 Å². The summed E-state index contributed by atoms with van der Waals surface area (Å²) in [5.41, 5.74) is 1.10.